The minimum Gasteiger partial charge on any atom is -0.338 e. The third-order valence-corrected chi connectivity index (χ3v) is 5.05. The van der Waals surface area contributed by atoms with Crippen LogP contribution in [0.4, 0.5) is 0 Å². The van der Waals surface area contributed by atoms with Gasteiger partial charge in [0.15, 0.2) is 5.82 Å². The molecule has 0 aliphatic heterocycles. The molecule has 1 aliphatic rings. The van der Waals surface area contributed by atoms with Crippen LogP contribution in [-0.2, 0) is 5.75 Å². The predicted molar refractivity (Wildman–Crippen MR) is 78.8 cm³/mol. The fourth-order valence-electron chi connectivity index (χ4n) is 2.25. The van der Waals surface area contributed by atoms with E-state index < -0.39 is 0 Å². The van der Waals surface area contributed by atoms with E-state index in [1.165, 1.54) is 32.1 Å². The first-order valence-electron chi connectivity index (χ1n) is 7.16. The molecule has 1 saturated carbocycles. The molecule has 2 rings (SSSR count). The van der Waals surface area contributed by atoms with Gasteiger partial charge in [0.25, 0.3) is 0 Å². The molecule has 0 amide bonds. The van der Waals surface area contributed by atoms with Crippen molar-refractivity contribution in [3.63, 3.8) is 0 Å². The average molecular weight is 283 g/mol. The highest BCUT2D eigenvalue weighted by Gasteiger charge is 2.27. The lowest BCUT2D eigenvalue weighted by molar-refractivity contribution is 0.252. The molecule has 0 saturated heterocycles. The highest BCUT2D eigenvalue weighted by molar-refractivity contribution is 7.99. The maximum Gasteiger partial charge on any atom is 0.244 e. The van der Waals surface area contributed by atoms with Gasteiger partial charge in [0.2, 0.25) is 5.89 Å². The fraction of sp³-hybridized carbons (Fsp3) is 0.857. The minimum absolute atomic E-state index is 0.0552. The Morgan fingerprint density at radius 1 is 1.32 bits per heavy atom. The quantitative estimate of drug-likeness (QED) is 0.913. The van der Waals surface area contributed by atoms with Crippen molar-refractivity contribution >= 4 is 11.8 Å². The van der Waals surface area contributed by atoms with Crippen LogP contribution in [0.15, 0.2) is 4.52 Å². The van der Waals surface area contributed by atoms with E-state index in [-0.39, 0.29) is 11.5 Å². The maximum atomic E-state index is 6.12. The van der Waals surface area contributed by atoms with Crippen LogP contribution in [0.25, 0.3) is 0 Å². The van der Waals surface area contributed by atoms with E-state index in [0.717, 1.165) is 16.8 Å². The fourth-order valence-corrected chi connectivity index (χ4v) is 3.42. The van der Waals surface area contributed by atoms with Gasteiger partial charge in [-0.25, -0.2) is 0 Å². The van der Waals surface area contributed by atoms with Crippen LogP contribution in [-0.4, -0.2) is 15.4 Å². The Morgan fingerprint density at radius 3 is 2.63 bits per heavy atom. The van der Waals surface area contributed by atoms with Gasteiger partial charge in [0.1, 0.15) is 0 Å². The Labute approximate surface area is 119 Å². The summed E-state index contributed by atoms with van der Waals surface area (Å²) in [6.07, 6.45) is 6.78. The van der Waals surface area contributed by atoms with Gasteiger partial charge in [-0.15, -0.1) is 0 Å². The van der Waals surface area contributed by atoms with Crippen LogP contribution in [0, 0.1) is 5.41 Å². The Bertz CT molecular complexity index is 394. The summed E-state index contributed by atoms with van der Waals surface area (Å²) in [4.78, 5) is 4.44. The Kier molecular flexibility index (Phi) is 4.90. The molecule has 0 bridgehead atoms. The number of aromatic nitrogens is 2. The van der Waals surface area contributed by atoms with Crippen LogP contribution >= 0.6 is 11.8 Å². The molecule has 4 nitrogen and oxygen atoms in total. The van der Waals surface area contributed by atoms with Crippen LogP contribution in [0.2, 0.25) is 0 Å². The normalized spacial score (nSPS) is 19.6. The third kappa shape index (κ3) is 4.21. The standard InChI is InChI=1S/C14H25N3OS/c1-14(2,3)12(15)13-16-11(17-18-13)9-19-10-7-5-4-6-8-10/h10,12H,4-9,15H2,1-3H3/t12-/m1/s1. The maximum absolute atomic E-state index is 6.12. The number of nitrogens with zero attached hydrogens (tertiary/aromatic N) is 2. The van der Waals surface area contributed by atoms with Gasteiger partial charge in [-0.2, -0.15) is 16.7 Å². The van der Waals surface area contributed by atoms with Gasteiger partial charge in [0.05, 0.1) is 11.8 Å². The summed E-state index contributed by atoms with van der Waals surface area (Å²) in [6.45, 7) is 6.24. The summed E-state index contributed by atoms with van der Waals surface area (Å²) < 4.78 is 5.29. The number of nitrogens with two attached hydrogens (primary N) is 1. The molecule has 1 atom stereocenters. The van der Waals surface area contributed by atoms with Gasteiger partial charge in [-0.05, 0) is 18.3 Å². The summed E-state index contributed by atoms with van der Waals surface area (Å²) in [6, 6.07) is -0.201. The van der Waals surface area contributed by atoms with Crippen LogP contribution in [0.5, 0.6) is 0 Å². The van der Waals surface area contributed by atoms with E-state index in [1.54, 1.807) is 0 Å². The molecule has 1 heterocycles. The molecular formula is C14H25N3OS. The first-order valence-corrected chi connectivity index (χ1v) is 8.21. The van der Waals surface area contributed by atoms with Crippen molar-refractivity contribution in [3.05, 3.63) is 11.7 Å². The molecule has 19 heavy (non-hydrogen) atoms. The van der Waals surface area contributed by atoms with E-state index in [1.807, 2.05) is 11.8 Å². The molecule has 0 spiro atoms. The van der Waals surface area contributed by atoms with E-state index >= 15 is 0 Å². The summed E-state index contributed by atoms with van der Waals surface area (Å²) in [5.41, 5.74) is 6.07. The zero-order valence-electron chi connectivity index (χ0n) is 12.2. The van der Waals surface area contributed by atoms with Crippen molar-refractivity contribution in [1.82, 2.24) is 10.1 Å². The number of hydrogen-bond acceptors (Lipinski definition) is 5. The van der Waals surface area contributed by atoms with Crippen molar-refractivity contribution in [2.75, 3.05) is 0 Å². The average Bonchev–Trinajstić information content (AvgIpc) is 2.84. The van der Waals surface area contributed by atoms with Crippen molar-refractivity contribution in [3.8, 4) is 0 Å². The van der Waals surface area contributed by atoms with Crippen LogP contribution in [0.1, 0.15) is 70.6 Å². The molecule has 1 aliphatic carbocycles. The van der Waals surface area contributed by atoms with E-state index in [0.29, 0.717) is 5.89 Å². The second-order valence-electron chi connectivity index (χ2n) is 6.46. The van der Waals surface area contributed by atoms with Gasteiger partial charge >= 0.3 is 0 Å². The third-order valence-electron chi connectivity index (χ3n) is 3.68. The molecule has 1 aromatic heterocycles. The predicted octanol–water partition coefficient (Wildman–Crippen LogP) is 3.68. The van der Waals surface area contributed by atoms with Gasteiger partial charge in [-0.1, -0.05) is 45.2 Å². The highest BCUT2D eigenvalue weighted by atomic mass is 32.2. The molecule has 0 unspecified atom stereocenters. The highest BCUT2D eigenvalue weighted by Crippen LogP contribution is 2.32. The Morgan fingerprint density at radius 2 is 2.00 bits per heavy atom. The first kappa shape index (κ1) is 14.9. The molecule has 1 fully saturated rings. The number of hydrogen-bond donors (Lipinski definition) is 1. The van der Waals surface area contributed by atoms with Crippen LogP contribution < -0.4 is 5.73 Å². The molecule has 2 N–H and O–H groups in total. The minimum atomic E-state index is -0.201. The van der Waals surface area contributed by atoms with Gasteiger partial charge < -0.3 is 10.3 Å². The molecule has 0 aromatic carbocycles. The second kappa shape index (κ2) is 6.27. The van der Waals surface area contributed by atoms with E-state index in [9.17, 15) is 0 Å². The lowest BCUT2D eigenvalue weighted by Gasteiger charge is -2.23. The lowest BCUT2D eigenvalue weighted by atomic mass is 9.87. The first-order chi connectivity index (χ1) is 8.97. The van der Waals surface area contributed by atoms with Crippen molar-refractivity contribution in [2.45, 2.75) is 69.9 Å². The largest absolute Gasteiger partial charge is 0.338 e. The van der Waals surface area contributed by atoms with Crippen molar-refractivity contribution < 1.29 is 4.52 Å². The molecule has 1 aromatic rings. The Balaban J connectivity index is 1.86. The van der Waals surface area contributed by atoms with Crippen molar-refractivity contribution in [1.29, 1.82) is 0 Å². The molecule has 108 valence electrons. The number of thioether (sulfide) groups is 1. The van der Waals surface area contributed by atoms with Gasteiger partial charge in [0, 0.05) is 5.25 Å². The molecular weight excluding hydrogens is 258 g/mol. The van der Waals surface area contributed by atoms with E-state index in [4.69, 9.17) is 10.3 Å². The van der Waals surface area contributed by atoms with E-state index in [2.05, 4.69) is 30.9 Å². The summed E-state index contributed by atoms with van der Waals surface area (Å²) >= 11 is 1.96. The Hall–Kier alpha value is -0.550. The summed E-state index contributed by atoms with van der Waals surface area (Å²) in [7, 11) is 0. The zero-order valence-corrected chi connectivity index (χ0v) is 13.0. The molecule has 0 radical (unpaired) electrons. The lowest BCUT2D eigenvalue weighted by Crippen LogP contribution is -2.26. The van der Waals surface area contributed by atoms with Crippen LogP contribution in [0.3, 0.4) is 0 Å². The number of rotatable bonds is 4. The second-order valence-corrected chi connectivity index (χ2v) is 7.75. The molecule has 5 heteroatoms. The SMILES string of the molecule is CC(C)(C)[C@H](N)c1nc(CSC2CCCCC2)no1. The topological polar surface area (TPSA) is 64.9 Å². The van der Waals surface area contributed by atoms with Gasteiger partial charge in [-0.3, -0.25) is 0 Å². The monoisotopic (exact) mass is 283 g/mol. The summed E-state index contributed by atoms with van der Waals surface area (Å²) in [5, 5.41) is 4.82. The smallest absolute Gasteiger partial charge is 0.244 e. The zero-order chi connectivity index (χ0) is 13.9. The van der Waals surface area contributed by atoms with Crippen molar-refractivity contribution in [2.24, 2.45) is 11.1 Å². The summed E-state index contributed by atoms with van der Waals surface area (Å²) in [5.74, 6) is 2.18.